The molecule has 1 aliphatic rings. The molecule has 1 fully saturated rings. The minimum absolute atomic E-state index is 0.985. The van der Waals surface area contributed by atoms with Crippen molar-refractivity contribution in [3.63, 3.8) is 0 Å². The molecule has 2 atom stereocenters. The SMILES string of the molecule is C=CC1[C@@H](C(=O)O)C1(F)F. The second kappa shape index (κ2) is 1.78. The molecule has 0 radical (unpaired) electrons. The van der Waals surface area contributed by atoms with Gasteiger partial charge in [-0.25, -0.2) is 8.78 Å². The summed E-state index contributed by atoms with van der Waals surface area (Å²) in [5.41, 5.74) is 0. The number of aliphatic carboxylic acids is 1. The standard InChI is InChI=1S/C6H6F2O2/c1-2-3-4(5(9)10)6(3,7)8/h2-4H,1H2,(H,9,10)/t3?,4-/m0/s1. The molecule has 2 nitrogen and oxygen atoms in total. The van der Waals surface area contributed by atoms with E-state index in [2.05, 4.69) is 6.58 Å². The first kappa shape index (κ1) is 7.18. The van der Waals surface area contributed by atoms with Crippen molar-refractivity contribution in [1.82, 2.24) is 0 Å². The average molecular weight is 148 g/mol. The molecule has 0 aromatic heterocycles. The Morgan fingerprint density at radius 2 is 2.20 bits per heavy atom. The van der Waals surface area contributed by atoms with Gasteiger partial charge in [0.25, 0.3) is 5.92 Å². The summed E-state index contributed by atoms with van der Waals surface area (Å²) in [6.07, 6.45) is 0.985. The Hall–Kier alpha value is -0.930. The second-order valence-corrected chi connectivity index (χ2v) is 2.25. The number of halogens is 2. The highest BCUT2D eigenvalue weighted by molar-refractivity contribution is 5.76. The maximum Gasteiger partial charge on any atom is 0.313 e. The monoisotopic (exact) mass is 148 g/mol. The van der Waals surface area contributed by atoms with Crippen molar-refractivity contribution in [1.29, 1.82) is 0 Å². The molecular formula is C6H6F2O2. The molecule has 4 heteroatoms. The number of rotatable bonds is 2. The summed E-state index contributed by atoms with van der Waals surface area (Å²) in [5, 5.41) is 8.16. The average Bonchev–Trinajstić information content (AvgIpc) is 2.33. The van der Waals surface area contributed by atoms with Crippen LogP contribution in [0.25, 0.3) is 0 Å². The smallest absolute Gasteiger partial charge is 0.313 e. The molecule has 1 rings (SSSR count). The van der Waals surface area contributed by atoms with Crippen LogP contribution in [0.5, 0.6) is 0 Å². The van der Waals surface area contributed by atoms with Crippen LogP contribution in [0.2, 0.25) is 0 Å². The Kier molecular flexibility index (Phi) is 1.28. The van der Waals surface area contributed by atoms with Crippen molar-refractivity contribution in [2.75, 3.05) is 0 Å². The summed E-state index contributed by atoms with van der Waals surface area (Å²) in [4.78, 5) is 10.0. The second-order valence-electron chi connectivity index (χ2n) is 2.25. The molecule has 0 heterocycles. The van der Waals surface area contributed by atoms with Crippen molar-refractivity contribution in [2.45, 2.75) is 5.92 Å². The van der Waals surface area contributed by atoms with Crippen LogP contribution < -0.4 is 0 Å². The molecule has 1 unspecified atom stereocenters. The van der Waals surface area contributed by atoms with Crippen molar-refractivity contribution < 1.29 is 18.7 Å². The van der Waals surface area contributed by atoms with Gasteiger partial charge in [-0.1, -0.05) is 6.08 Å². The van der Waals surface area contributed by atoms with Gasteiger partial charge in [0.1, 0.15) is 5.92 Å². The van der Waals surface area contributed by atoms with Crippen LogP contribution in [0.3, 0.4) is 0 Å². The Bertz CT molecular complexity index is 188. The van der Waals surface area contributed by atoms with Gasteiger partial charge in [-0.05, 0) is 0 Å². The number of hydrogen-bond acceptors (Lipinski definition) is 1. The van der Waals surface area contributed by atoms with E-state index in [9.17, 15) is 13.6 Å². The van der Waals surface area contributed by atoms with Crippen LogP contribution in [0.1, 0.15) is 0 Å². The van der Waals surface area contributed by atoms with Crippen molar-refractivity contribution in [3.8, 4) is 0 Å². The van der Waals surface area contributed by atoms with Crippen LogP contribution in [0, 0.1) is 11.8 Å². The van der Waals surface area contributed by atoms with Crippen LogP contribution >= 0.6 is 0 Å². The van der Waals surface area contributed by atoms with Gasteiger partial charge in [0.2, 0.25) is 0 Å². The highest BCUT2D eigenvalue weighted by atomic mass is 19.3. The lowest BCUT2D eigenvalue weighted by Crippen LogP contribution is -2.04. The van der Waals surface area contributed by atoms with E-state index in [1.807, 2.05) is 0 Å². The van der Waals surface area contributed by atoms with E-state index in [0.29, 0.717) is 0 Å². The van der Waals surface area contributed by atoms with Crippen molar-refractivity contribution in [2.24, 2.45) is 11.8 Å². The summed E-state index contributed by atoms with van der Waals surface area (Å²) < 4.78 is 24.5. The number of carbonyl (C=O) groups is 1. The third-order valence-corrected chi connectivity index (χ3v) is 1.63. The molecule has 10 heavy (non-hydrogen) atoms. The lowest BCUT2D eigenvalue weighted by atomic mass is 10.3. The molecular weight excluding hydrogens is 142 g/mol. The van der Waals surface area contributed by atoms with Gasteiger partial charge in [0, 0.05) is 0 Å². The zero-order valence-electron chi connectivity index (χ0n) is 5.05. The van der Waals surface area contributed by atoms with E-state index in [-0.39, 0.29) is 0 Å². The van der Waals surface area contributed by atoms with Gasteiger partial charge < -0.3 is 5.11 Å². The number of alkyl halides is 2. The summed E-state index contributed by atoms with van der Waals surface area (Å²) in [6.45, 7) is 3.11. The van der Waals surface area contributed by atoms with Crippen LogP contribution in [-0.2, 0) is 4.79 Å². The molecule has 0 aromatic rings. The van der Waals surface area contributed by atoms with Gasteiger partial charge in [0.05, 0.1) is 5.92 Å². The lowest BCUT2D eigenvalue weighted by Gasteiger charge is -1.86. The minimum atomic E-state index is -3.06. The van der Waals surface area contributed by atoms with E-state index < -0.39 is 23.7 Å². The first-order chi connectivity index (χ1) is 4.51. The van der Waals surface area contributed by atoms with E-state index >= 15 is 0 Å². The fourth-order valence-electron chi connectivity index (χ4n) is 0.962. The Balaban J connectivity index is 2.70. The summed E-state index contributed by atoms with van der Waals surface area (Å²) >= 11 is 0. The van der Waals surface area contributed by atoms with Crippen molar-refractivity contribution in [3.05, 3.63) is 12.7 Å². The molecule has 1 aliphatic carbocycles. The quantitative estimate of drug-likeness (QED) is 0.596. The van der Waals surface area contributed by atoms with E-state index in [1.54, 1.807) is 0 Å². The number of allylic oxidation sites excluding steroid dienone is 1. The third kappa shape index (κ3) is 0.716. The Labute approximate surface area is 56.2 Å². The first-order valence-corrected chi connectivity index (χ1v) is 2.75. The molecule has 0 spiro atoms. The number of hydrogen-bond donors (Lipinski definition) is 1. The number of carboxylic acids is 1. The number of carboxylic acid groups (broad SMARTS) is 1. The highest BCUT2D eigenvalue weighted by Crippen LogP contribution is 2.55. The molecule has 0 bridgehead atoms. The van der Waals surface area contributed by atoms with E-state index in [1.165, 1.54) is 0 Å². The maximum atomic E-state index is 12.3. The Morgan fingerprint density at radius 1 is 1.70 bits per heavy atom. The zero-order chi connectivity index (χ0) is 7.94. The van der Waals surface area contributed by atoms with Crippen LogP contribution in [-0.4, -0.2) is 17.0 Å². The largest absolute Gasteiger partial charge is 0.481 e. The van der Waals surface area contributed by atoms with Gasteiger partial charge in [-0.2, -0.15) is 0 Å². The molecule has 0 aliphatic heterocycles. The molecule has 56 valence electrons. The van der Waals surface area contributed by atoms with E-state index in [4.69, 9.17) is 5.11 Å². The van der Waals surface area contributed by atoms with Crippen LogP contribution in [0.15, 0.2) is 12.7 Å². The molecule has 0 amide bonds. The third-order valence-electron chi connectivity index (χ3n) is 1.63. The predicted octanol–water partition coefficient (Wildman–Crippen LogP) is 1.14. The van der Waals surface area contributed by atoms with Gasteiger partial charge in [-0.3, -0.25) is 4.79 Å². The summed E-state index contributed by atoms with van der Waals surface area (Å²) in [7, 11) is 0. The fourth-order valence-corrected chi connectivity index (χ4v) is 0.962. The van der Waals surface area contributed by atoms with Crippen LogP contribution in [0.4, 0.5) is 8.78 Å². The molecule has 0 aromatic carbocycles. The Morgan fingerprint density at radius 3 is 2.30 bits per heavy atom. The zero-order valence-corrected chi connectivity index (χ0v) is 5.05. The summed E-state index contributed by atoms with van der Waals surface area (Å²) in [5.74, 6) is -7.21. The normalized spacial score (nSPS) is 35.0. The van der Waals surface area contributed by atoms with Gasteiger partial charge in [-0.15, -0.1) is 6.58 Å². The maximum absolute atomic E-state index is 12.3. The fraction of sp³-hybridized carbons (Fsp3) is 0.500. The first-order valence-electron chi connectivity index (χ1n) is 2.75. The topological polar surface area (TPSA) is 37.3 Å². The van der Waals surface area contributed by atoms with Gasteiger partial charge in [0.15, 0.2) is 0 Å². The minimum Gasteiger partial charge on any atom is -0.481 e. The molecule has 1 N–H and O–H groups in total. The highest BCUT2D eigenvalue weighted by Gasteiger charge is 2.70. The molecule has 0 saturated heterocycles. The summed E-state index contributed by atoms with van der Waals surface area (Å²) in [6, 6.07) is 0. The predicted molar refractivity (Wildman–Crippen MR) is 29.8 cm³/mol. The molecule has 1 saturated carbocycles. The lowest BCUT2D eigenvalue weighted by molar-refractivity contribution is -0.140. The van der Waals surface area contributed by atoms with Gasteiger partial charge >= 0.3 is 5.97 Å². The van der Waals surface area contributed by atoms with Crippen molar-refractivity contribution >= 4 is 5.97 Å². The van der Waals surface area contributed by atoms with E-state index in [0.717, 1.165) is 6.08 Å².